The lowest BCUT2D eigenvalue weighted by molar-refractivity contribution is 1.08. The Kier molecular flexibility index (Phi) is 4.56. The van der Waals surface area contributed by atoms with Crippen molar-refractivity contribution in [1.29, 1.82) is 0 Å². The van der Waals surface area contributed by atoms with Crippen molar-refractivity contribution in [1.82, 2.24) is 9.55 Å². The van der Waals surface area contributed by atoms with Crippen LogP contribution in [0.4, 0.5) is 11.6 Å². The van der Waals surface area contributed by atoms with Gasteiger partial charge in [0.15, 0.2) is 0 Å². The van der Waals surface area contributed by atoms with E-state index in [1.807, 2.05) is 6.07 Å². The molecule has 1 aromatic heterocycles. The van der Waals surface area contributed by atoms with Gasteiger partial charge < -0.3 is 5.32 Å². The number of anilines is 2. The molecule has 0 spiro atoms. The van der Waals surface area contributed by atoms with E-state index in [0.717, 1.165) is 28.4 Å². The second-order valence-corrected chi connectivity index (χ2v) is 7.53. The van der Waals surface area contributed by atoms with Crippen LogP contribution in [0, 0.1) is 13.8 Å². The standard InChI is InChI=1S/C27H23N3/c1-19-11-3-5-13-21(19)22-14-6-7-15-23(22)28-27-29-24-16-8-10-18-26(24)30(27)25-17-9-4-12-20(25)2/h3-18H,1-2H3,(H,28,29). The highest BCUT2D eigenvalue weighted by molar-refractivity contribution is 5.86. The number of imidazole rings is 1. The molecule has 30 heavy (non-hydrogen) atoms. The Morgan fingerprint density at radius 1 is 0.633 bits per heavy atom. The third-order valence-corrected chi connectivity index (χ3v) is 5.53. The third-order valence-electron chi connectivity index (χ3n) is 5.53. The molecule has 0 aliphatic rings. The first-order valence-electron chi connectivity index (χ1n) is 10.2. The highest BCUT2D eigenvalue weighted by atomic mass is 15.2. The maximum absolute atomic E-state index is 4.93. The molecule has 0 amide bonds. The highest BCUT2D eigenvalue weighted by Gasteiger charge is 2.15. The quantitative estimate of drug-likeness (QED) is 0.357. The second-order valence-electron chi connectivity index (χ2n) is 7.53. The number of fused-ring (bicyclic) bond motifs is 1. The van der Waals surface area contributed by atoms with E-state index in [0.29, 0.717) is 0 Å². The zero-order valence-corrected chi connectivity index (χ0v) is 17.1. The molecule has 1 heterocycles. The molecule has 5 rings (SSSR count). The first-order valence-corrected chi connectivity index (χ1v) is 10.2. The van der Waals surface area contributed by atoms with Crippen LogP contribution in [-0.2, 0) is 0 Å². The highest BCUT2D eigenvalue weighted by Crippen LogP contribution is 2.34. The lowest BCUT2D eigenvalue weighted by Gasteiger charge is -2.16. The summed E-state index contributed by atoms with van der Waals surface area (Å²) in [6, 6.07) is 33.6. The first kappa shape index (κ1) is 18.2. The summed E-state index contributed by atoms with van der Waals surface area (Å²) in [6.07, 6.45) is 0. The summed E-state index contributed by atoms with van der Waals surface area (Å²) in [5.41, 5.74) is 9.06. The molecular formula is C27H23N3. The van der Waals surface area contributed by atoms with Crippen molar-refractivity contribution in [2.75, 3.05) is 5.32 Å². The van der Waals surface area contributed by atoms with Crippen LogP contribution in [-0.4, -0.2) is 9.55 Å². The van der Waals surface area contributed by atoms with E-state index in [-0.39, 0.29) is 0 Å². The molecule has 5 aromatic rings. The van der Waals surface area contributed by atoms with Crippen LogP contribution in [0.2, 0.25) is 0 Å². The van der Waals surface area contributed by atoms with E-state index < -0.39 is 0 Å². The van der Waals surface area contributed by atoms with Gasteiger partial charge in [0.2, 0.25) is 5.95 Å². The summed E-state index contributed by atoms with van der Waals surface area (Å²) < 4.78 is 2.21. The van der Waals surface area contributed by atoms with Gasteiger partial charge in [-0.1, -0.05) is 72.8 Å². The Hall–Kier alpha value is -3.85. The van der Waals surface area contributed by atoms with Crippen LogP contribution in [0.15, 0.2) is 97.1 Å². The zero-order valence-electron chi connectivity index (χ0n) is 17.1. The minimum Gasteiger partial charge on any atom is -0.325 e. The summed E-state index contributed by atoms with van der Waals surface area (Å²) in [5, 5.41) is 3.63. The summed E-state index contributed by atoms with van der Waals surface area (Å²) in [6.45, 7) is 4.28. The van der Waals surface area contributed by atoms with Gasteiger partial charge in [0.1, 0.15) is 0 Å². The van der Waals surface area contributed by atoms with Gasteiger partial charge in [0, 0.05) is 11.3 Å². The fraction of sp³-hybridized carbons (Fsp3) is 0.0741. The van der Waals surface area contributed by atoms with E-state index in [9.17, 15) is 0 Å². The van der Waals surface area contributed by atoms with Crippen LogP contribution < -0.4 is 5.32 Å². The Bertz CT molecular complexity index is 1350. The number of nitrogens with zero attached hydrogens (tertiary/aromatic N) is 2. The van der Waals surface area contributed by atoms with E-state index in [2.05, 4.69) is 115 Å². The van der Waals surface area contributed by atoms with Crippen molar-refractivity contribution in [2.45, 2.75) is 13.8 Å². The molecule has 0 atom stereocenters. The molecule has 0 saturated heterocycles. The van der Waals surface area contributed by atoms with E-state index in [4.69, 9.17) is 4.98 Å². The monoisotopic (exact) mass is 389 g/mol. The van der Waals surface area contributed by atoms with Crippen LogP contribution in [0.1, 0.15) is 11.1 Å². The van der Waals surface area contributed by atoms with E-state index in [1.54, 1.807) is 0 Å². The molecule has 0 unspecified atom stereocenters. The Morgan fingerprint density at radius 2 is 1.27 bits per heavy atom. The van der Waals surface area contributed by atoms with Crippen molar-refractivity contribution in [3.63, 3.8) is 0 Å². The summed E-state index contributed by atoms with van der Waals surface area (Å²) in [4.78, 5) is 4.93. The molecule has 4 aromatic carbocycles. The molecule has 0 aliphatic heterocycles. The van der Waals surface area contributed by atoms with Crippen molar-refractivity contribution >= 4 is 22.7 Å². The largest absolute Gasteiger partial charge is 0.325 e. The van der Waals surface area contributed by atoms with E-state index in [1.165, 1.54) is 22.3 Å². The van der Waals surface area contributed by atoms with Crippen molar-refractivity contribution < 1.29 is 0 Å². The third kappa shape index (κ3) is 3.15. The van der Waals surface area contributed by atoms with Gasteiger partial charge in [-0.25, -0.2) is 4.98 Å². The van der Waals surface area contributed by atoms with Gasteiger partial charge in [-0.05, 0) is 54.8 Å². The van der Waals surface area contributed by atoms with Gasteiger partial charge in [0.25, 0.3) is 0 Å². The molecule has 0 fully saturated rings. The number of para-hydroxylation sites is 4. The SMILES string of the molecule is Cc1ccccc1-c1ccccc1Nc1nc2ccccc2n1-c1ccccc1C. The fourth-order valence-electron chi connectivity index (χ4n) is 3.99. The van der Waals surface area contributed by atoms with Crippen molar-refractivity contribution in [2.24, 2.45) is 0 Å². The Morgan fingerprint density at radius 3 is 2.07 bits per heavy atom. The van der Waals surface area contributed by atoms with Gasteiger partial charge >= 0.3 is 0 Å². The summed E-state index contributed by atoms with van der Waals surface area (Å²) in [7, 11) is 0. The van der Waals surface area contributed by atoms with Gasteiger partial charge in [-0.15, -0.1) is 0 Å². The minimum atomic E-state index is 0.812. The minimum absolute atomic E-state index is 0.812. The number of rotatable bonds is 4. The average molecular weight is 390 g/mol. The Balaban J connectivity index is 1.69. The first-order chi connectivity index (χ1) is 14.7. The average Bonchev–Trinajstić information content (AvgIpc) is 3.13. The molecule has 0 radical (unpaired) electrons. The number of aryl methyl sites for hydroxylation is 2. The molecular weight excluding hydrogens is 366 g/mol. The normalized spacial score (nSPS) is 11.0. The van der Waals surface area contributed by atoms with Gasteiger partial charge in [0.05, 0.1) is 16.7 Å². The molecule has 0 saturated carbocycles. The number of nitrogens with one attached hydrogen (secondary N) is 1. The van der Waals surface area contributed by atoms with Crippen molar-refractivity contribution in [3.05, 3.63) is 108 Å². The lowest BCUT2D eigenvalue weighted by Crippen LogP contribution is -2.04. The van der Waals surface area contributed by atoms with E-state index >= 15 is 0 Å². The van der Waals surface area contributed by atoms with Crippen LogP contribution in [0.25, 0.3) is 27.8 Å². The number of hydrogen-bond acceptors (Lipinski definition) is 2. The topological polar surface area (TPSA) is 29.9 Å². The maximum Gasteiger partial charge on any atom is 0.213 e. The molecule has 1 N–H and O–H groups in total. The summed E-state index contributed by atoms with van der Waals surface area (Å²) in [5.74, 6) is 0.812. The lowest BCUT2D eigenvalue weighted by atomic mass is 9.99. The van der Waals surface area contributed by atoms with Crippen LogP contribution >= 0.6 is 0 Å². The maximum atomic E-state index is 4.93. The smallest absolute Gasteiger partial charge is 0.213 e. The van der Waals surface area contributed by atoms with Crippen LogP contribution in [0.5, 0.6) is 0 Å². The Labute approximate surface area is 176 Å². The number of aromatic nitrogens is 2. The molecule has 3 heteroatoms. The summed E-state index contributed by atoms with van der Waals surface area (Å²) >= 11 is 0. The van der Waals surface area contributed by atoms with Gasteiger partial charge in [-0.3, -0.25) is 4.57 Å². The van der Waals surface area contributed by atoms with Crippen LogP contribution in [0.3, 0.4) is 0 Å². The fourth-order valence-corrected chi connectivity index (χ4v) is 3.99. The van der Waals surface area contributed by atoms with Crippen molar-refractivity contribution in [3.8, 4) is 16.8 Å². The predicted octanol–water partition coefficient (Wildman–Crippen LogP) is 7.05. The number of benzene rings is 4. The molecule has 0 aliphatic carbocycles. The second kappa shape index (κ2) is 7.53. The molecule has 146 valence electrons. The zero-order chi connectivity index (χ0) is 20.5. The number of hydrogen-bond donors (Lipinski definition) is 1. The molecule has 3 nitrogen and oxygen atoms in total. The molecule has 0 bridgehead atoms. The van der Waals surface area contributed by atoms with Gasteiger partial charge in [-0.2, -0.15) is 0 Å². The predicted molar refractivity (Wildman–Crippen MR) is 126 cm³/mol.